The van der Waals surface area contributed by atoms with E-state index in [2.05, 4.69) is 0 Å². The summed E-state index contributed by atoms with van der Waals surface area (Å²) in [4.78, 5) is 23.7. The smallest absolute Gasteiger partial charge is 0.338 e. The van der Waals surface area contributed by atoms with Crippen LogP contribution in [0.1, 0.15) is 15.2 Å². The zero-order valence-corrected chi connectivity index (χ0v) is 11.8. The van der Waals surface area contributed by atoms with Crippen LogP contribution >= 0.6 is 11.3 Å². The molecule has 0 spiro atoms. The number of aromatic carboxylic acids is 1. The molecule has 0 unspecified atom stereocenters. The highest BCUT2D eigenvalue weighted by atomic mass is 32.1. The Morgan fingerprint density at radius 1 is 1.52 bits per heavy atom. The molecule has 2 aromatic rings. The number of carbonyl (C=O) groups is 1. The summed E-state index contributed by atoms with van der Waals surface area (Å²) in [7, 11) is 1.59. The first kappa shape index (κ1) is 14.9. The van der Waals surface area contributed by atoms with Gasteiger partial charge in [0.05, 0.1) is 11.5 Å². The number of carboxylic acids is 1. The van der Waals surface area contributed by atoms with Crippen molar-refractivity contribution in [3.8, 4) is 0 Å². The number of rotatable bonds is 5. The second-order valence-electron chi connectivity index (χ2n) is 4.32. The molecule has 8 heteroatoms. The van der Waals surface area contributed by atoms with E-state index in [1.54, 1.807) is 7.05 Å². The third-order valence-electron chi connectivity index (χ3n) is 2.88. The van der Waals surface area contributed by atoms with Crippen LogP contribution in [0.15, 0.2) is 29.6 Å². The molecular weight excluding hydrogens is 299 g/mol. The van der Waals surface area contributed by atoms with Crippen molar-refractivity contribution in [2.24, 2.45) is 0 Å². The Kier molecular flexibility index (Phi) is 4.18. The maximum absolute atomic E-state index is 13.8. The first-order chi connectivity index (χ1) is 9.90. The number of halogens is 1. The minimum Gasteiger partial charge on any atom is -0.478 e. The zero-order valence-electron chi connectivity index (χ0n) is 10.9. The van der Waals surface area contributed by atoms with E-state index in [0.29, 0.717) is 6.54 Å². The van der Waals surface area contributed by atoms with Crippen molar-refractivity contribution in [1.82, 2.24) is 0 Å². The topological polar surface area (TPSA) is 83.7 Å². The number of nitro benzene ring substituents is 1. The number of nitro groups is 1. The summed E-state index contributed by atoms with van der Waals surface area (Å²) in [5, 5.41) is 21.8. The van der Waals surface area contributed by atoms with Gasteiger partial charge in [0.2, 0.25) is 0 Å². The Labute approximate surface area is 123 Å². The van der Waals surface area contributed by atoms with Crippen molar-refractivity contribution in [2.75, 3.05) is 11.9 Å². The van der Waals surface area contributed by atoms with Gasteiger partial charge in [-0.05, 0) is 11.4 Å². The normalized spacial score (nSPS) is 10.4. The van der Waals surface area contributed by atoms with E-state index in [9.17, 15) is 19.3 Å². The number of carboxylic acid groups (broad SMARTS) is 1. The summed E-state index contributed by atoms with van der Waals surface area (Å²) in [5.74, 6) is -2.54. The Balaban J connectivity index is 2.44. The molecule has 0 atom stereocenters. The minimum absolute atomic E-state index is 0.0379. The molecule has 0 saturated heterocycles. The van der Waals surface area contributed by atoms with E-state index in [4.69, 9.17) is 5.11 Å². The van der Waals surface area contributed by atoms with Crippen LogP contribution in [0, 0.1) is 15.9 Å². The molecule has 0 aliphatic carbocycles. The first-order valence-corrected chi connectivity index (χ1v) is 6.73. The molecule has 6 nitrogen and oxygen atoms in total. The number of hydrogen-bond acceptors (Lipinski definition) is 5. The molecule has 0 amide bonds. The van der Waals surface area contributed by atoms with Crippen molar-refractivity contribution in [3.63, 3.8) is 0 Å². The molecule has 0 radical (unpaired) electrons. The van der Waals surface area contributed by atoms with Crippen LogP contribution in [0.5, 0.6) is 0 Å². The van der Waals surface area contributed by atoms with Gasteiger partial charge in [-0.1, -0.05) is 6.07 Å². The molecule has 1 aromatic heterocycles. The fourth-order valence-corrected chi connectivity index (χ4v) is 2.65. The number of anilines is 1. The predicted molar refractivity (Wildman–Crippen MR) is 76.4 cm³/mol. The molecule has 0 fully saturated rings. The van der Waals surface area contributed by atoms with Crippen LogP contribution < -0.4 is 4.90 Å². The highest BCUT2D eigenvalue weighted by Gasteiger charge is 2.24. The van der Waals surface area contributed by atoms with E-state index >= 15 is 0 Å². The monoisotopic (exact) mass is 310 g/mol. The lowest BCUT2D eigenvalue weighted by Crippen LogP contribution is -2.18. The molecule has 1 N–H and O–H groups in total. The summed E-state index contributed by atoms with van der Waals surface area (Å²) in [6.07, 6.45) is 0. The van der Waals surface area contributed by atoms with Crippen LogP contribution in [0.4, 0.5) is 15.8 Å². The predicted octanol–water partition coefficient (Wildman–Crippen LogP) is 3.13. The molecule has 1 heterocycles. The molecular formula is C13H11FN2O4S. The Morgan fingerprint density at radius 2 is 2.24 bits per heavy atom. The van der Waals surface area contributed by atoms with Crippen molar-refractivity contribution in [2.45, 2.75) is 6.54 Å². The van der Waals surface area contributed by atoms with Crippen LogP contribution in [-0.2, 0) is 6.54 Å². The third kappa shape index (κ3) is 3.16. The van der Waals surface area contributed by atoms with Gasteiger partial charge in [0.25, 0.3) is 5.69 Å². The Morgan fingerprint density at radius 3 is 2.76 bits per heavy atom. The lowest BCUT2D eigenvalue weighted by atomic mass is 10.1. The molecule has 0 saturated carbocycles. The molecule has 2 rings (SSSR count). The van der Waals surface area contributed by atoms with Gasteiger partial charge < -0.3 is 10.0 Å². The maximum atomic E-state index is 13.8. The third-order valence-corrected chi connectivity index (χ3v) is 3.74. The van der Waals surface area contributed by atoms with Crippen LogP contribution in [-0.4, -0.2) is 23.0 Å². The molecule has 0 aliphatic rings. The average Bonchev–Trinajstić information content (AvgIpc) is 2.90. The summed E-state index contributed by atoms with van der Waals surface area (Å²) in [6.45, 7) is 0.365. The van der Waals surface area contributed by atoms with E-state index in [-0.39, 0.29) is 5.69 Å². The first-order valence-electron chi connectivity index (χ1n) is 5.85. The van der Waals surface area contributed by atoms with Gasteiger partial charge in [0.15, 0.2) is 0 Å². The second-order valence-corrected chi connectivity index (χ2v) is 5.35. The summed E-state index contributed by atoms with van der Waals surface area (Å²) < 4.78 is 13.8. The number of thiophene rings is 1. The van der Waals surface area contributed by atoms with Gasteiger partial charge in [0.1, 0.15) is 17.1 Å². The molecule has 21 heavy (non-hydrogen) atoms. The van der Waals surface area contributed by atoms with Crippen LogP contribution in [0.3, 0.4) is 0 Å². The van der Waals surface area contributed by atoms with Gasteiger partial charge in [-0.2, -0.15) is 0 Å². The van der Waals surface area contributed by atoms with E-state index in [0.717, 1.165) is 17.0 Å². The summed E-state index contributed by atoms with van der Waals surface area (Å²) in [5.41, 5.74) is -1.11. The lowest BCUT2D eigenvalue weighted by molar-refractivity contribution is -0.384. The molecule has 1 aromatic carbocycles. The fraction of sp³-hybridized carbons (Fsp3) is 0.154. The van der Waals surface area contributed by atoms with Gasteiger partial charge in [-0.15, -0.1) is 11.3 Å². The van der Waals surface area contributed by atoms with E-state index in [1.807, 2.05) is 17.5 Å². The average molecular weight is 310 g/mol. The number of hydrogen-bond donors (Lipinski definition) is 1. The largest absolute Gasteiger partial charge is 0.478 e. The van der Waals surface area contributed by atoms with Crippen molar-refractivity contribution >= 4 is 28.7 Å². The highest BCUT2D eigenvalue weighted by molar-refractivity contribution is 7.09. The zero-order chi connectivity index (χ0) is 15.6. The van der Waals surface area contributed by atoms with Gasteiger partial charge in [0, 0.05) is 24.1 Å². The number of benzene rings is 1. The van der Waals surface area contributed by atoms with Gasteiger partial charge in [-0.25, -0.2) is 9.18 Å². The summed E-state index contributed by atoms with van der Waals surface area (Å²) in [6, 6.07) is 5.33. The quantitative estimate of drug-likeness (QED) is 0.677. The van der Waals surface area contributed by atoms with Crippen LogP contribution in [0.2, 0.25) is 0 Å². The van der Waals surface area contributed by atoms with E-state index < -0.39 is 28.0 Å². The van der Waals surface area contributed by atoms with Crippen molar-refractivity contribution in [1.29, 1.82) is 0 Å². The van der Waals surface area contributed by atoms with Gasteiger partial charge in [-0.3, -0.25) is 10.1 Å². The van der Waals surface area contributed by atoms with Crippen molar-refractivity contribution in [3.05, 3.63) is 56.0 Å². The fourth-order valence-electron chi connectivity index (χ4n) is 1.89. The highest BCUT2D eigenvalue weighted by Crippen LogP contribution is 2.31. The Bertz CT molecular complexity index is 688. The minimum atomic E-state index is -1.54. The van der Waals surface area contributed by atoms with E-state index in [1.165, 1.54) is 16.2 Å². The number of nitrogens with zero attached hydrogens (tertiary/aromatic N) is 2. The van der Waals surface area contributed by atoms with Gasteiger partial charge >= 0.3 is 5.97 Å². The molecule has 110 valence electrons. The molecule has 0 aliphatic heterocycles. The SMILES string of the molecule is CN(Cc1cccs1)c1cc(F)c(C(=O)O)cc1[N+](=O)[O-]. The van der Waals surface area contributed by atoms with Crippen LogP contribution in [0.25, 0.3) is 0 Å². The lowest BCUT2D eigenvalue weighted by Gasteiger charge is -2.18. The van der Waals surface area contributed by atoms with Crippen molar-refractivity contribution < 1.29 is 19.2 Å². The standard InChI is InChI=1S/C13H11FN2O4S/c1-15(7-8-3-2-4-21-8)11-6-10(14)9(13(17)18)5-12(11)16(19)20/h2-6H,7H2,1H3,(H,17,18). The Hall–Kier alpha value is -2.48. The molecule has 0 bridgehead atoms. The second kappa shape index (κ2) is 5.88. The maximum Gasteiger partial charge on any atom is 0.338 e. The summed E-state index contributed by atoms with van der Waals surface area (Å²) >= 11 is 1.47.